The minimum atomic E-state index is -0.596. The average molecular weight is 417 g/mol. The first-order valence-corrected chi connectivity index (χ1v) is 10.1. The monoisotopic (exact) mass is 417 g/mol. The summed E-state index contributed by atoms with van der Waals surface area (Å²) >= 11 is 1.27. The number of amides is 3. The Balaban J connectivity index is 1.67. The molecule has 1 aliphatic rings. The maximum atomic E-state index is 12.3. The molecule has 2 aromatic rings. The summed E-state index contributed by atoms with van der Waals surface area (Å²) in [5.41, 5.74) is 6.68. The third-order valence-electron chi connectivity index (χ3n) is 4.51. The van der Waals surface area contributed by atoms with Crippen LogP contribution in [0.2, 0.25) is 0 Å². The van der Waals surface area contributed by atoms with Crippen LogP contribution >= 0.6 is 11.3 Å². The summed E-state index contributed by atoms with van der Waals surface area (Å²) in [7, 11) is 0. The predicted octanol–water partition coefficient (Wildman–Crippen LogP) is 2.17. The number of hydrogen-bond acceptors (Lipinski definition) is 6. The zero-order valence-electron chi connectivity index (χ0n) is 16.3. The van der Waals surface area contributed by atoms with Gasteiger partial charge in [-0.2, -0.15) is 0 Å². The molecule has 0 aliphatic carbocycles. The predicted molar refractivity (Wildman–Crippen MR) is 109 cm³/mol. The number of carbonyl (C=O) groups excluding carboxylic acids is 3. The van der Waals surface area contributed by atoms with Crippen molar-refractivity contribution in [2.75, 3.05) is 25.1 Å². The first-order chi connectivity index (χ1) is 13.9. The van der Waals surface area contributed by atoms with Gasteiger partial charge < -0.3 is 25.4 Å². The molecule has 0 unspecified atom stereocenters. The summed E-state index contributed by atoms with van der Waals surface area (Å²) in [5.74, 6) is 0.226. The number of nitrogens with one attached hydrogen (secondary N) is 1. The molecule has 3 rings (SSSR count). The van der Waals surface area contributed by atoms with E-state index in [0.717, 1.165) is 16.2 Å². The third kappa shape index (κ3) is 4.86. The van der Waals surface area contributed by atoms with E-state index in [1.54, 1.807) is 29.2 Å². The molecule has 0 radical (unpaired) electrons. The number of ether oxygens (including phenoxy) is 2. The second-order valence-corrected chi connectivity index (χ2v) is 7.61. The van der Waals surface area contributed by atoms with Crippen LogP contribution in [0, 0.1) is 0 Å². The fraction of sp³-hybridized carbons (Fsp3) is 0.350. The van der Waals surface area contributed by atoms with E-state index in [4.69, 9.17) is 15.2 Å². The summed E-state index contributed by atoms with van der Waals surface area (Å²) in [5, 5.41) is 3.12. The Morgan fingerprint density at radius 2 is 1.83 bits per heavy atom. The normalized spacial score (nSPS) is 12.8. The van der Waals surface area contributed by atoms with E-state index in [1.165, 1.54) is 18.3 Å². The van der Waals surface area contributed by atoms with Gasteiger partial charge >= 0.3 is 0 Å². The minimum Gasteiger partial charge on any atom is -0.494 e. The Hall–Kier alpha value is -3.07. The molecule has 8 nitrogen and oxygen atoms in total. The van der Waals surface area contributed by atoms with Gasteiger partial charge in [-0.3, -0.25) is 14.4 Å². The summed E-state index contributed by atoms with van der Waals surface area (Å²) in [6.45, 7) is 4.69. The molecule has 154 valence electrons. The summed E-state index contributed by atoms with van der Waals surface area (Å²) < 4.78 is 10.9. The first kappa shape index (κ1) is 20.7. The Kier molecular flexibility index (Phi) is 6.38. The molecule has 29 heavy (non-hydrogen) atoms. The highest BCUT2D eigenvalue weighted by Gasteiger charge is 2.28. The van der Waals surface area contributed by atoms with Crippen molar-refractivity contribution in [2.24, 2.45) is 5.73 Å². The Morgan fingerprint density at radius 1 is 1.17 bits per heavy atom. The quantitative estimate of drug-likeness (QED) is 0.717. The third-order valence-corrected chi connectivity index (χ3v) is 5.64. The van der Waals surface area contributed by atoms with Gasteiger partial charge in [0.25, 0.3) is 11.8 Å². The van der Waals surface area contributed by atoms with Crippen LogP contribution in [-0.4, -0.2) is 42.4 Å². The maximum absolute atomic E-state index is 12.3. The zero-order valence-corrected chi connectivity index (χ0v) is 17.1. The highest BCUT2D eigenvalue weighted by atomic mass is 32.1. The van der Waals surface area contributed by atoms with E-state index in [9.17, 15) is 14.4 Å². The lowest BCUT2D eigenvalue weighted by atomic mass is 10.0. The number of rotatable bonds is 7. The first-order valence-electron chi connectivity index (χ1n) is 9.24. The molecule has 2 heterocycles. The van der Waals surface area contributed by atoms with Crippen LogP contribution < -0.4 is 20.5 Å². The van der Waals surface area contributed by atoms with Gasteiger partial charge in [0.05, 0.1) is 18.7 Å². The van der Waals surface area contributed by atoms with Gasteiger partial charge in [0.2, 0.25) is 5.91 Å². The van der Waals surface area contributed by atoms with E-state index < -0.39 is 11.8 Å². The molecule has 3 amide bonds. The highest BCUT2D eigenvalue weighted by Crippen LogP contribution is 2.37. The van der Waals surface area contributed by atoms with Gasteiger partial charge in [-0.05, 0) is 43.2 Å². The van der Waals surface area contributed by atoms with Crippen LogP contribution in [-0.2, 0) is 22.6 Å². The number of hydrogen-bond donors (Lipinski definition) is 2. The fourth-order valence-corrected chi connectivity index (χ4v) is 4.42. The topological polar surface area (TPSA) is 111 Å². The van der Waals surface area contributed by atoms with Gasteiger partial charge in [-0.15, -0.1) is 11.3 Å². The number of anilines is 1. The number of nitrogens with two attached hydrogens (primary N) is 1. The van der Waals surface area contributed by atoms with E-state index in [-0.39, 0.29) is 12.5 Å². The molecule has 1 aromatic carbocycles. The summed E-state index contributed by atoms with van der Waals surface area (Å²) in [6, 6.07) is 6.95. The second-order valence-electron chi connectivity index (χ2n) is 6.50. The van der Waals surface area contributed by atoms with E-state index in [0.29, 0.717) is 42.4 Å². The van der Waals surface area contributed by atoms with Crippen molar-refractivity contribution in [1.82, 2.24) is 4.90 Å². The standard InChI is InChI=1S/C20H23N3O5S/c1-3-27-13-4-6-14(7-5-13)28-11-17(25)22-20-18(19(21)26)15-8-9-23(12(2)24)10-16(15)29-20/h4-7H,3,8-11H2,1-2H3,(H2,21,26)(H,22,25). The number of carbonyl (C=O) groups is 3. The second kappa shape index (κ2) is 8.95. The molecular weight excluding hydrogens is 394 g/mol. The molecule has 0 spiro atoms. The lowest BCUT2D eigenvalue weighted by Crippen LogP contribution is -2.34. The summed E-state index contributed by atoms with van der Waals surface area (Å²) in [4.78, 5) is 38.5. The molecular formula is C20H23N3O5S. The number of fused-ring (bicyclic) bond motifs is 1. The number of benzene rings is 1. The molecule has 1 aromatic heterocycles. The van der Waals surface area contributed by atoms with Crippen molar-refractivity contribution in [3.63, 3.8) is 0 Å². The van der Waals surface area contributed by atoms with E-state index in [1.807, 2.05) is 6.92 Å². The average Bonchev–Trinajstić information content (AvgIpc) is 3.04. The number of thiophene rings is 1. The smallest absolute Gasteiger partial charge is 0.262 e. The van der Waals surface area contributed by atoms with Crippen LogP contribution in [0.4, 0.5) is 5.00 Å². The van der Waals surface area contributed by atoms with Crippen LogP contribution in [0.3, 0.4) is 0 Å². The lowest BCUT2D eigenvalue weighted by Gasteiger charge is -2.25. The van der Waals surface area contributed by atoms with Gasteiger partial charge in [-0.25, -0.2) is 0 Å². The molecule has 1 aliphatic heterocycles. The largest absolute Gasteiger partial charge is 0.494 e. The van der Waals surface area contributed by atoms with Gasteiger partial charge in [0.1, 0.15) is 16.5 Å². The van der Waals surface area contributed by atoms with Crippen molar-refractivity contribution >= 4 is 34.1 Å². The van der Waals surface area contributed by atoms with Gasteiger partial charge in [0, 0.05) is 18.3 Å². The summed E-state index contributed by atoms with van der Waals surface area (Å²) in [6.07, 6.45) is 0.530. The molecule has 0 saturated heterocycles. The van der Waals surface area contributed by atoms with Crippen LogP contribution in [0.1, 0.15) is 34.6 Å². The Labute approximate surface area is 172 Å². The minimum absolute atomic E-state index is 0.0287. The van der Waals surface area contributed by atoms with Gasteiger partial charge in [-0.1, -0.05) is 0 Å². The van der Waals surface area contributed by atoms with Crippen LogP contribution in [0.25, 0.3) is 0 Å². The fourth-order valence-electron chi connectivity index (χ4n) is 3.13. The van der Waals surface area contributed by atoms with Crippen molar-refractivity contribution in [1.29, 1.82) is 0 Å². The molecule has 9 heteroatoms. The van der Waals surface area contributed by atoms with E-state index in [2.05, 4.69) is 5.32 Å². The molecule has 0 atom stereocenters. The SMILES string of the molecule is CCOc1ccc(OCC(=O)Nc2sc3c(c2C(N)=O)CCN(C(C)=O)C3)cc1. The zero-order chi connectivity index (χ0) is 21.0. The van der Waals surface area contributed by atoms with Crippen molar-refractivity contribution < 1.29 is 23.9 Å². The molecule has 3 N–H and O–H groups in total. The molecule has 0 bridgehead atoms. The molecule has 0 fully saturated rings. The van der Waals surface area contributed by atoms with Crippen molar-refractivity contribution in [3.8, 4) is 11.5 Å². The Bertz CT molecular complexity index is 923. The van der Waals surface area contributed by atoms with Crippen molar-refractivity contribution in [3.05, 3.63) is 40.3 Å². The van der Waals surface area contributed by atoms with Gasteiger partial charge in [0.15, 0.2) is 6.61 Å². The van der Waals surface area contributed by atoms with E-state index >= 15 is 0 Å². The highest BCUT2D eigenvalue weighted by molar-refractivity contribution is 7.17. The molecule has 0 saturated carbocycles. The number of nitrogens with zero attached hydrogens (tertiary/aromatic N) is 1. The number of primary amides is 1. The Morgan fingerprint density at radius 3 is 2.41 bits per heavy atom. The lowest BCUT2D eigenvalue weighted by molar-refractivity contribution is -0.129. The van der Waals surface area contributed by atoms with Crippen molar-refractivity contribution in [2.45, 2.75) is 26.8 Å². The van der Waals surface area contributed by atoms with Crippen LogP contribution in [0.5, 0.6) is 11.5 Å². The van der Waals surface area contributed by atoms with Crippen LogP contribution in [0.15, 0.2) is 24.3 Å². The maximum Gasteiger partial charge on any atom is 0.262 e.